The minimum absolute atomic E-state index is 0.645. The molecular formula is C14H16F3N3O2. The Morgan fingerprint density at radius 2 is 1.95 bits per heavy atom. The highest BCUT2D eigenvalue weighted by Gasteiger charge is 2.38. The Morgan fingerprint density at radius 3 is 2.50 bits per heavy atom. The van der Waals surface area contributed by atoms with Crippen molar-refractivity contribution < 1.29 is 23.1 Å². The number of fused-ring (bicyclic) bond motifs is 1. The van der Waals surface area contributed by atoms with Crippen molar-refractivity contribution in [3.05, 3.63) is 36.3 Å². The molecule has 0 amide bonds. The first-order chi connectivity index (χ1) is 10.4. The molecule has 2 aromatic heterocycles. The lowest BCUT2D eigenvalue weighted by Crippen LogP contribution is -2.26. The number of nitrogens with zero attached hydrogens (tertiary/aromatic N) is 2. The minimum Gasteiger partial charge on any atom is -0.475 e. The summed E-state index contributed by atoms with van der Waals surface area (Å²) in [5.41, 5.74) is 2.31. The maximum Gasteiger partial charge on any atom is 0.490 e. The fraction of sp³-hybridized carbons (Fsp3) is 0.429. The van der Waals surface area contributed by atoms with Crippen molar-refractivity contribution in [3.63, 3.8) is 0 Å². The molecule has 3 heterocycles. The molecule has 0 radical (unpaired) electrons. The number of alkyl halides is 3. The first-order valence-corrected chi connectivity index (χ1v) is 6.82. The van der Waals surface area contributed by atoms with Crippen LogP contribution in [0.4, 0.5) is 13.2 Å². The second-order valence-corrected chi connectivity index (χ2v) is 4.96. The summed E-state index contributed by atoms with van der Waals surface area (Å²) in [5.74, 6) is -2.11. The number of nitrogens with one attached hydrogen (secondary N) is 1. The Labute approximate surface area is 124 Å². The van der Waals surface area contributed by atoms with Gasteiger partial charge in [-0.05, 0) is 38.1 Å². The second kappa shape index (κ2) is 6.78. The number of halogens is 3. The van der Waals surface area contributed by atoms with Gasteiger partial charge in [0.25, 0.3) is 0 Å². The van der Waals surface area contributed by atoms with Crippen LogP contribution in [0.3, 0.4) is 0 Å². The number of carboxylic acids is 1. The molecule has 3 rings (SSSR count). The predicted molar refractivity (Wildman–Crippen MR) is 73.7 cm³/mol. The summed E-state index contributed by atoms with van der Waals surface area (Å²) in [7, 11) is 0. The summed E-state index contributed by atoms with van der Waals surface area (Å²) in [4.78, 5) is 13.6. The number of imidazole rings is 1. The monoisotopic (exact) mass is 315 g/mol. The SMILES string of the molecule is O=C(O)C(F)(F)F.c1ccn2cc(C3CCNCC3)nc2c1. The number of aromatic nitrogens is 2. The maximum absolute atomic E-state index is 10.6. The van der Waals surface area contributed by atoms with Crippen LogP contribution in [0.5, 0.6) is 0 Å². The standard InChI is InChI=1S/C12H15N3.C2HF3O2/c1-2-8-15-9-11(14-12(15)3-1)10-4-6-13-7-5-10;3-2(4,5)1(6)7/h1-3,8-10,13H,4-7H2;(H,6,7). The quantitative estimate of drug-likeness (QED) is 0.848. The summed E-state index contributed by atoms with van der Waals surface area (Å²) in [6.45, 7) is 2.25. The first kappa shape index (κ1) is 16.3. The Kier molecular flexibility index (Phi) is 5.02. The van der Waals surface area contributed by atoms with E-state index in [0.29, 0.717) is 5.92 Å². The lowest BCUT2D eigenvalue weighted by Gasteiger charge is -2.20. The van der Waals surface area contributed by atoms with Crippen LogP contribution < -0.4 is 5.32 Å². The molecule has 5 nitrogen and oxygen atoms in total. The normalized spacial score (nSPS) is 16.1. The van der Waals surface area contributed by atoms with E-state index in [1.807, 2.05) is 12.1 Å². The minimum atomic E-state index is -5.08. The van der Waals surface area contributed by atoms with Gasteiger partial charge >= 0.3 is 12.1 Å². The molecule has 1 aliphatic rings. The smallest absolute Gasteiger partial charge is 0.475 e. The van der Waals surface area contributed by atoms with E-state index in [1.54, 1.807) is 0 Å². The van der Waals surface area contributed by atoms with Crippen LogP contribution >= 0.6 is 0 Å². The Balaban J connectivity index is 0.000000217. The molecular weight excluding hydrogens is 299 g/mol. The largest absolute Gasteiger partial charge is 0.490 e. The van der Waals surface area contributed by atoms with Crippen molar-refractivity contribution in [1.82, 2.24) is 14.7 Å². The van der Waals surface area contributed by atoms with Gasteiger partial charge in [-0.15, -0.1) is 0 Å². The van der Waals surface area contributed by atoms with Gasteiger partial charge in [-0.1, -0.05) is 6.07 Å². The van der Waals surface area contributed by atoms with Crippen LogP contribution in [0, 0.1) is 0 Å². The topological polar surface area (TPSA) is 66.6 Å². The van der Waals surface area contributed by atoms with E-state index in [4.69, 9.17) is 9.90 Å². The molecule has 8 heteroatoms. The number of hydrogen-bond donors (Lipinski definition) is 2. The van der Waals surface area contributed by atoms with E-state index in [0.717, 1.165) is 18.7 Å². The van der Waals surface area contributed by atoms with E-state index in [1.165, 1.54) is 18.5 Å². The summed E-state index contributed by atoms with van der Waals surface area (Å²) in [6, 6.07) is 6.14. The number of pyridine rings is 1. The zero-order valence-corrected chi connectivity index (χ0v) is 11.7. The Morgan fingerprint density at radius 1 is 1.32 bits per heavy atom. The molecule has 2 aromatic rings. The summed E-state index contributed by atoms with van der Waals surface area (Å²) in [5, 5.41) is 10.5. The molecule has 22 heavy (non-hydrogen) atoms. The third-order valence-electron chi connectivity index (χ3n) is 3.38. The molecule has 120 valence electrons. The van der Waals surface area contributed by atoms with Gasteiger partial charge in [0, 0.05) is 18.3 Å². The molecule has 1 saturated heterocycles. The molecule has 0 unspecified atom stereocenters. The number of piperidine rings is 1. The van der Waals surface area contributed by atoms with Crippen molar-refractivity contribution >= 4 is 11.6 Å². The zero-order chi connectivity index (χ0) is 16.2. The molecule has 0 saturated carbocycles. The summed E-state index contributed by atoms with van der Waals surface area (Å²) >= 11 is 0. The molecule has 0 spiro atoms. The summed E-state index contributed by atoms with van der Waals surface area (Å²) in [6.07, 6.45) is 1.58. The molecule has 0 aromatic carbocycles. The number of aliphatic carboxylic acids is 1. The second-order valence-electron chi connectivity index (χ2n) is 4.96. The van der Waals surface area contributed by atoms with Crippen molar-refractivity contribution in [3.8, 4) is 0 Å². The molecule has 2 N–H and O–H groups in total. The van der Waals surface area contributed by atoms with Gasteiger partial charge in [0.15, 0.2) is 0 Å². The van der Waals surface area contributed by atoms with Crippen molar-refractivity contribution in [2.24, 2.45) is 0 Å². The first-order valence-electron chi connectivity index (χ1n) is 6.82. The number of carbonyl (C=O) groups is 1. The molecule has 1 aliphatic heterocycles. The van der Waals surface area contributed by atoms with Crippen LogP contribution in [0.1, 0.15) is 24.5 Å². The highest BCUT2D eigenvalue weighted by Crippen LogP contribution is 2.24. The molecule has 0 aliphatic carbocycles. The van der Waals surface area contributed by atoms with Gasteiger partial charge in [0.05, 0.1) is 5.69 Å². The van der Waals surface area contributed by atoms with Gasteiger partial charge in [0.1, 0.15) is 5.65 Å². The lowest BCUT2D eigenvalue weighted by molar-refractivity contribution is -0.192. The maximum atomic E-state index is 10.6. The average Bonchev–Trinajstić information content (AvgIpc) is 2.92. The Bertz CT molecular complexity index is 601. The highest BCUT2D eigenvalue weighted by molar-refractivity contribution is 5.73. The van der Waals surface area contributed by atoms with Gasteiger partial charge in [-0.3, -0.25) is 0 Å². The highest BCUT2D eigenvalue weighted by atomic mass is 19.4. The average molecular weight is 315 g/mol. The number of hydrogen-bond acceptors (Lipinski definition) is 3. The van der Waals surface area contributed by atoms with Crippen molar-refractivity contribution in [2.45, 2.75) is 24.9 Å². The molecule has 0 bridgehead atoms. The van der Waals surface area contributed by atoms with E-state index < -0.39 is 12.1 Å². The van der Waals surface area contributed by atoms with E-state index >= 15 is 0 Å². The zero-order valence-electron chi connectivity index (χ0n) is 11.7. The van der Waals surface area contributed by atoms with Gasteiger partial charge in [0.2, 0.25) is 0 Å². The van der Waals surface area contributed by atoms with Crippen LogP contribution in [-0.4, -0.2) is 39.7 Å². The van der Waals surface area contributed by atoms with Crippen LogP contribution in [0.2, 0.25) is 0 Å². The van der Waals surface area contributed by atoms with Crippen LogP contribution in [0.15, 0.2) is 30.6 Å². The predicted octanol–water partition coefficient (Wildman–Crippen LogP) is 2.43. The number of carboxylic acid groups (broad SMARTS) is 1. The third-order valence-corrected chi connectivity index (χ3v) is 3.38. The van der Waals surface area contributed by atoms with Crippen LogP contribution in [0.25, 0.3) is 5.65 Å². The van der Waals surface area contributed by atoms with Crippen molar-refractivity contribution in [1.29, 1.82) is 0 Å². The van der Waals surface area contributed by atoms with E-state index in [-0.39, 0.29) is 0 Å². The van der Waals surface area contributed by atoms with E-state index in [2.05, 4.69) is 33.2 Å². The van der Waals surface area contributed by atoms with Crippen molar-refractivity contribution in [2.75, 3.05) is 13.1 Å². The van der Waals surface area contributed by atoms with Gasteiger partial charge in [-0.25, -0.2) is 9.78 Å². The Hall–Kier alpha value is -2.09. The van der Waals surface area contributed by atoms with Gasteiger partial charge < -0.3 is 14.8 Å². The fourth-order valence-electron chi connectivity index (χ4n) is 2.27. The van der Waals surface area contributed by atoms with E-state index in [9.17, 15) is 13.2 Å². The third kappa shape index (κ3) is 4.20. The number of rotatable bonds is 1. The van der Waals surface area contributed by atoms with Gasteiger partial charge in [-0.2, -0.15) is 13.2 Å². The molecule has 0 atom stereocenters. The molecule has 1 fully saturated rings. The van der Waals surface area contributed by atoms with Crippen LogP contribution in [-0.2, 0) is 4.79 Å². The summed E-state index contributed by atoms with van der Waals surface area (Å²) < 4.78 is 33.8. The fourth-order valence-corrected chi connectivity index (χ4v) is 2.27. The lowest BCUT2D eigenvalue weighted by atomic mass is 9.95.